The molecule has 0 unspecified atom stereocenters. The van der Waals surface area contributed by atoms with Crippen LogP contribution in [0.4, 0.5) is 8.78 Å². The van der Waals surface area contributed by atoms with Crippen molar-refractivity contribution in [1.82, 2.24) is 24.8 Å². The van der Waals surface area contributed by atoms with Crippen molar-refractivity contribution in [2.45, 2.75) is 13.5 Å². The minimum absolute atomic E-state index is 0.0239. The van der Waals surface area contributed by atoms with E-state index >= 15 is 0 Å². The van der Waals surface area contributed by atoms with Crippen molar-refractivity contribution in [3.05, 3.63) is 106 Å². The predicted octanol–water partition coefficient (Wildman–Crippen LogP) is 3.26. The molecule has 33 heavy (non-hydrogen) atoms. The Morgan fingerprint density at radius 1 is 1.12 bits per heavy atom. The number of benzene rings is 2. The molecule has 0 spiro atoms. The largest absolute Gasteiger partial charge is 0.347 e. The van der Waals surface area contributed by atoms with Crippen LogP contribution in [0.1, 0.15) is 27.4 Å². The highest BCUT2D eigenvalue weighted by atomic mass is 19.2. The van der Waals surface area contributed by atoms with Crippen LogP contribution in [0.25, 0.3) is 17.0 Å². The summed E-state index contributed by atoms with van der Waals surface area (Å²) in [6.07, 6.45) is 8.02. The average Bonchev–Trinajstić information content (AvgIpc) is 2.80. The van der Waals surface area contributed by atoms with Gasteiger partial charge in [0.25, 0.3) is 11.5 Å². The fourth-order valence-corrected chi connectivity index (χ4v) is 3.24. The number of nitrogens with zero attached hydrogens (tertiary/aromatic N) is 4. The number of fused-ring (bicyclic) bond motifs is 1. The van der Waals surface area contributed by atoms with Gasteiger partial charge in [-0.3, -0.25) is 9.59 Å². The molecule has 0 aliphatic rings. The van der Waals surface area contributed by atoms with E-state index < -0.39 is 23.1 Å². The second-order valence-electron chi connectivity index (χ2n) is 7.31. The van der Waals surface area contributed by atoms with Gasteiger partial charge in [-0.05, 0) is 42.3 Å². The number of aryl methyl sites for hydroxylation is 1. The van der Waals surface area contributed by atoms with E-state index in [1.54, 1.807) is 12.3 Å². The summed E-state index contributed by atoms with van der Waals surface area (Å²) < 4.78 is 27.7. The lowest BCUT2D eigenvalue weighted by Crippen LogP contribution is -2.34. The highest BCUT2D eigenvalue weighted by Crippen LogP contribution is 2.14. The van der Waals surface area contributed by atoms with E-state index in [9.17, 15) is 18.4 Å². The Bertz CT molecular complexity index is 1430. The molecule has 4 rings (SSSR count). The molecule has 0 fully saturated rings. The first-order valence-corrected chi connectivity index (χ1v) is 10.1. The third-order valence-corrected chi connectivity index (χ3v) is 4.88. The van der Waals surface area contributed by atoms with Crippen molar-refractivity contribution in [3.63, 3.8) is 0 Å². The SMILES string of the molecule is Cc1ncc2cc(/C=C/CNC(=O)c3nccn(Cc4ccc(F)c(F)c4)c3=O)ccc2n1. The second-order valence-corrected chi connectivity index (χ2v) is 7.31. The van der Waals surface area contributed by atoms with E-state index in [4.69, 9.17) is 0 Å². The van der Waals surface area contributed by atoms with Crippen LogP contribution in [0.2, 0.25) is 0 Å². The van der Waals surface area contributed by atoms with Crippen LogP contribution >= 0.6 is 0 Å². The number of hydrogen-bond acceptors (Lipinski definition) is 5. The first-order valence-electron chi connectivity index (χ1n) is 10.1. The minimum atomic E-state index is -1.01. The Morgan fingerprint density at radius 2 is 1.97 bits per heavy atom. The van der Waals surface area contributed by atoms with Crippen LogP contribution in [-0.4, -0.2) is 32.0 Å². The molecule has 2 aromatic heterocycles. The van der Waals surface area contributed by atoms with Gasteiger partial charge in [0.15, 0.2) is 17.3 Å². The molecule has 7 nitrogen and oxygen atoms in total. The number of aromatic nitrogens is 4. The van der Waals surface area contributed by atoms with Crippen LogP contribution in [0.5, 0.6) is 0 Å². The maximum absolute atomic E-state index is 13.4. The van der Waals surface area contributed by atoms with Crippen molar-refractivity contribution in [3.8, 4) is 0 Å². The molecule has 0 aliphatic carbocycles. The molecule has 1 N–H and O–H groups in total. The standard InChI is InChI=1S/C24H19F2N5O2/c1-15-29-13-18-11-16(5-7-21(18)30-15)3-2-8-28-23(32)22-24(33)31(10-9-27-22)14-17-4-6-19(25)20(26)12-17/h2-7,9-13H,8,14H2,1H3,(H,28,32)/b3-2+. The van der Waals surface area contributed by atoms with E-state index in [2.05, 4.69) is 20.3 Å². The summed E-state index contributed by atoms with van der Waals surface area (Å²) in [6.45, 7) is 1.99. The molecule has 0 saturated carbocycles. The van der Waals surface area contributed by atoms with E-state index in [-0.39, 0.29) is 18.8 Å². The minimum Gasteiger partial charge on any atom is -0.347 e. The van der Waals surface area contributed by atoms with Gasteiger partial charge in [0.1, 0.15) is 5.82 Å². The molecule has 4 aromatic rings. The van der Waals surface area contributed by atoms with Crippen molar-refractivity contribution < 1.29 is 13.6 Å². The van der Waals surface area contributed by atoms with Crippen molar-refractivity contribution in [2.75, 3.05) is 6.54 Å². The van der Waals surface area contributed by atoms with Crippen LogP contribution < -0.4 is 10.9 Å². The molecule has 0 bridgehead atoms. The summed E-state index contributed by atoms with van der Waals surface area (Å²) in [4.78, 5) is 37.5. The van der Waals surface area contributed by atoms with Gasteiger partial charge in [0.05, 0.1) is 12.1 Å². The topological polar surface area (TPSA) is 89.8 Å². The van der Waals surface area contributed by atoms with E-state index in [1.165, 1.54) is 23.0 Å². The van der Waals surface area contributed by atoms with Gasteiger partial charge in [-0.15, -0.1) is 0 Å². The molecule has 2 heterocycles. The number of rotatable bonds is 6. The molecule has 0 saturated heterocycles. The zero-order chi connectivity index (χ0) is 23.4. The molecule has 1 amide bonds. The molecule has 166 valence electrons. The Morgan fingerprint density at radius 3 is 2.79 bits per heavy atom. The van der Waals surface area contributed by atoms with Gasteiger partial charge < -0.3 is 9.88 Å². The molecule has 0 radical (unpaired) electrons. The van der Waals surface area contributed by atoms with Crippen molar-refractivity contribution >= 4 is 22.9 Å². The van der Waals surface area contributed by atoms with Gasteiger partial charge in [0, 0.05) is 30.5 Å². The Balaban J connectivity index is 1.41. The molecule has 0 aliphatic heterocycles. The Hall–Kier alpha value is -4.27. The first kappa shape index (κ1) is 21.9. The van der Waals surface area contributed by atoms with Crippen LogP contribution in [-0.2, 0) is 6.54 Å². The maximum Gasteiger partial charge on any atom is 0.282 e. The van der Waals surface area contributed by atoms with Gasteiger partial charge in [-0.2, -0.15) is 0 Å². The zero-order valence-corrected chi connectivity index (χ0v) is 17.6. The monoisotopic (exact) mass is 447 g/mol. The quantitative estimate of drug-likeness (QED) is 0.490. The second kappa shape index (κ2) is 9.47. The smallest absolute Gasteiger partial charge is 0.282 e. The molecular weight excluding hydrogens is 428 g/mol. The van der Waals surface area contributed by atoms with Gasteiger partial charge in [0.2, 0.25) is 0 Å². The molecule has 9 heteroatoms. The molecule has 0 atom stereocenters. The highest BCUT2D eigenvalue weighted by Gasteiger charge is 2.14. The highest BCUT2D eigenvalue weighted by molar-refractivity contribution is 5.92. The first-order chi connectivity index (χ1) is 15.9. The third kappa shape index (κ3) is 5.15. The van der Waals surface area contributed by atoms with Crippen LogP contribution in [0.15, 0.2) is 65.9 Å². The van der Waals surface area contributed by atoms with E-state index in [0.717, 1.165) is 28.6 Å². The normalized spacial score (nSPS) is 11.2. The summed E-state index contributed by atoms with van der Waals surface area (Å²) >= 11 is 0. The maximum atomic E-state index is 13.4. The Kier molecular flexibility index (Phi) is 6.30. The number of nitrogens with one attached hydrogen (secondary N) is 1. The summed E-state index contributed by atoms with van der Waals surface area (Å²) in [7, 11) is 0. The molecule has 2 aromatic carbocycles. The number of amides is 1. The lowest BCUT2D eigenvalue weighted by Gasteiger charge is -2.08. The number of carbonyl (C=O) groups excluding carboxylic acids is 1. The fraction of sp³-hybridized carbons (Fsp3) is 0.125. The van der Waals surface area contributed by atoms with E-state index in [0.29, 0.717) is 11.4 Å². The number of carbonyl (C=O) groups is 1. The van der Waals surface area contributed by atoms with Crippen molar-refractivity contribution in [2.24, 2.45) is 0 Å². The fourth-order valence-electron chi connectivity index (χ4n) is 3.24. The van der Waals surface area contributed by atoms with Crippen molar-refractivity contribution in [1.29, 1.82) is 0 Å². The van der Waals surface area contributed by atoms with Gasteiger partial charge in [-0.25, -0.2) is 23.7 Å². The summed E-state index contributed by atoms with van der Waals surface area (Å²) in [5.41, 5.74) is 1.23. The summed E-state index contributed by atoms with van der Waals surface area (Å²) in [5, 5.41) is 3.53. The number of halogens is 2. The lowest BCUT2D eigenvalue weighted by molar-refractivity contribution is 0.0950. The van der Waals surface area contributed by atoms with E-state index in [1.807, 2.05) is 31.2 Å². The average molecular weight is 447 g/mol. The van der Waals surface area contributed by atoms with Gasteiger partial charge >= 0.3 is 0 Å². The lowest BCUT2D eigenvalue weighted by atomic mass is 10.1. The van der Waals surface area contributed by atoms with Crippen LogP contribution in [0, 0.1) is 18.6 Å². The zero-order valence-electron chi connectivity index (χ0n) is 17.6. The number of hydrogen-bond donors (Lipinski definition) is 1. The van der Waals surface area contributed by atoms with Crippen LogP contribution in [0.3, 0.4) is 0 Å². The van der Waals surface area contributed by atoms with Gasteiger partial charge in [-0.1, -0.05) is 24.3 Å². The Labute approximate surface area is 187 Å². The third-order valence-electron chi connectivity index (χ3n) is 4.88. The molecular formula is C24H19F2N5O2. The summed E-state index contributed by atoms with van der Waals surface area (Å²) in [5.74, 6) is -1.91. The predicted molar refractivity (Wildman–Crippen MR) is 120 cm³/mol. The summed E-state index contributed by atoms with van der Waals surface area (Å²) in [6, 6.07) is 9.10.